The largest absolute Gasteiger partial charge is 0.294 e. The second kappa shape index (κ2) is 5.70. The Morgan fingerprint density at radius 1 is 0.963 bits per heavy atom. The van der Waals surface area contributed by atoms with Gasteiger partial charge >= 0.3 is 0 Å². The van der Waals surface area contributed by atoms with Crippen molar-refractivity contribution in [3.8, 4) is 0 Å². The Bertz CT molecular complexity index is 1040. The molecule has 4 heterocycles. The Labute approximate surface area is 159 Å². The van der Waals surface area contributed by atoms with Crippen LogP contribution in [0.2, 0.25) is 0 Å². The molecule has 0 N–H and O–H groups in total. The summed E-state index contributed by atoms with van der Waals surface area (Å²) < 4.78 is 2.26. The number of para-hydroxylation sites is 1. The van der Waals surface area contributed by atoms with Gasteiger partial charge in [0.05, 0.1) is 29.7 Å². The summed E-state index contributed by atoms with van der Waals surface area (Å²) in [5.41, 5.74) is 5.20. The van der Waals surface area contributed by atoms with E-state index in [2.05, 4.69) is 58.1 Å². The lowest BCUT2D eigenvalue weighted by molar-refractivity contribution is -0.130. The third kappa shape index (κ3) is 2.10. The Balaban J connectivity index is 1.60. The summed E-state index contributed by atoms with van der Waals surface area (Å²) in [4.78, 5) is 16.2. The highest BCUT2D eigenvalue weighted by Gasteiger charge is 2.48. The number of hydrogen-bond acceptors (Lipinski definition) is 2. The van der Waals surface area contributed by atoms with Crippen molar-refractivity contribution in [2.75, 3.05) is 18.1 Å². The lowest BCUT2D eigenvalue weighted by Gasteiger charge is -2.49. The highest BCUT2D eigenvalue weighted by atomic mass is 16.2. The molecule has 2 aromatic carbocycles. The maximum atomic E-state index is 13.6. The van der Waals surface area contributed by atoms with Crippen molar-refractivity contribution in [2.45, 2.75) is 31.8 Å². The molecule has 3 aromatic rings. The van der Waals surface area contributed by atoms with E-state index in [1.807, 2.05) is 11.1 Å². The number of rotatable bonds is 2. The van der Waals surface area contributed by atoms with E-state index in [4.69, 9.17) is 0 Å². The lowest BCUT2D eigenvalue weighted by atomic mass is 9.81. The van der Waals surface area contributed by atoms with E-state index in [0.29, 0.717) is 6.54 Å². The van der Waals surface area contributed by atoms with Crippen LogP contribution < -0.4 is 5.01 Å². The minimum Gasteiger partial charge on any atom is -0.294 e. The zero-order valence-corrected chi connectivity index (χ0v) is 15.3. The first kappa shape index (κ1) is 15.5. The van der Waals surface area contributed by atoms with Gasteiger partial charge in [0.15, 0.2) is 0 Å². The molecule has 0 aliphatic carbocycles. The van der Waals surface area contributed by atoms with E-state index in [-0.39, 0.29) is 17.9 Å². The van der Waals surface area contributed by atoms with E-state index in [1.165, 1.54) is 27.7 Å². The van der Waals surface area contributed by atoms with Gasteiger partial charge in [0, 0.05) is 11.9 Å². The van der Waals surface area contributed by atoms with Crippen molar-refractivity contribution in [2.24, 2.45) is 5.92 Å². The molecule has 136 valence electrons. The third-order valence-electron chi connectivity index (χ3n) is 6.65. The van der Waals surface area contributed by atoms with Crippen LogP contribution in [0.1, 0.15) is 35.7 Å². The number of benzene rings is 2. The van der Waals surface area contributed by atoms with Crippen LogP contribution in [0.25, 0.3) is 10.9 Å². The summed E-state index contributed by atoms with van der Waals surface area (Å²) in [7, 11) is 0. The van der Waals surface area contributed by atoms with Gasteiger partial charge in [-0.3, -0.25) is 14.4 Å². The lowest BCUT2D eigenvalue weighted by Crippen LogP contribution is -2.57. The van der Waals surface area contributed by atoms with Crippen LogP contribution >= 0.6 is 0 Å². The second-order valence-electron chi connectivity index (χ2n) is 8.05. The SMILES string of the molecule is O=C1[C@H]2CCCN3CCc4c(n(c5ccccc45)N1Cc1ccccc1)[C@H]23. The molecule has 3 aliphatic rings. The van der Waals surface area contributed by atoms with Gasteiger partial charge in [-0.15, -0.1) is 0 Å². The van der Waals surface area contributed by atoms with Gasteiger partial charge in [0.1, 0.15) is 0 Å². The fourth-order valence-electron chi connectivity index (χ4n) is 5.52. The van der Waals surface area contributed by atoms with Gasteiger partial charge in [-0.05, 0) is 43.0 Å². The molecule has 2 atom stereocenters. The summed E-state index contributed by atoms with van der Waals surface area (Å²) in [6, 6.07) is 19.2. The average Bonchev–Trinajstić information content (AvgIpc) is 3.06. The minimum absolute atomic E-state index is 0.0957. The molecular weight excluding hydrogens is 334 g/mol. The van der Waals surface area contributed by atoms with Crippen molar-refractivity contribution in [3.05, 3.63) is 71.4 Å². The Kier molecular flexibility index (Phi) is 3.27. The van der Waals surface area contributed by atoms with Crippen LogP contribution in [0.5, 0.6) is 0 Å². The number of carbonyl (C=O) groups is 1. The third-order valence-corrected chi connectivity index (χ3v) is 6.65. The van der Waals surface area contributed by atoms with Crippen molar-refractivity contribution in [1.82, 2.24) is 9.58 Å². The molecule has 4 heteroatoms. The maximum Gasteiger partial charge on any atom is 0.246 e. The normalized spacial score (nSPS) is 24.3. The van der Waals surface area contributed by atoms with Crippen LogP contribution in [-0.2, 0) is 17.8 Å². The molecule has 0 unspecified atom stereocenters. The first-order valence-electron chi connectivity index (χ1n) is 10.0. The predicted octanol–water partition coefficient (Wildman–Crippen LogP) is 3.63. The number of carbonyl (C=O) groups excluding carboxylic acids is 1. The smallest absolute Gasteiger partial charge is 0.246 e. The van der Waals surface area contributed by atoms with Crippen LogP contribution in [0.15, 0.2) is 54.6 Å². The highest BCUT2D eigenvalue weighted by molar-refractivity contribution is 5.96. The number of aromatic nitrogens is 1. The number of amides is 1. The monoisotopic (exact) mass is 357 g/mol. The van der Waals surface area contributed by atoms with Crippen LogP contribution in [-0.4, -0.2) is 28.6 Å². The predicted molar refractivity (Wildman–Crippen MR) is 106 cm³/mol. The fraction of sp³-hybridized carbons (Fsp3) is 0.348. The first-order chi connectivity index (χ1) is 13.3. The summed E-state index contributed by atoms with van der Waals surface area (Å²) in [6.07, 6.45) is 3.22. The first-order valence-corrected chi connectivity index (χ1v) is 10.0. The van der Waals surface area contributed by atoms with E-state index in [1.54, 1.807) is 0 Å². The zero-order chi connectivity index (χ0) is 18.0. The fourth-order valence-corrected chi connectivity index (χ4v) is 5.52. The van der Waals surface area contributed by atoms with Crippen molar-refractivity contribution in [1.29, 1.82) is 0 Å². The van der Waals surface area contributed by atoms with Crippen LogP contribution in [0.3, 0.4) is 0 Å². The zero-order valence-electron chi connectivity index (χ0n) is 15.3. The number of hydrogen-bond donors (Lipinski definition) is 0. The molecule has 4 nitrogen and oxygen atoms in total. The molecule has 0 saturated carbocycles. The van der Waals surface area contributed by atoms with E-state index in [9.17, 15) is 4.79 Å². The maximum absolute atomic E-state index is 13.6. The van der Waals surface area contributed by atoms with Crippen molar-refractivity contribution in [3.63, 3.8) is 0 Å². The minimum atomic E-state index is 0.0957. The molecule has 27 heavy (non-hydrogen) atoms. The molecule has 3 aliphatic heterocycles. The van der Waals surface area contributed by atoms with E-state index >= 15 is 0 Å². The number of nitrogens with zero attached hydrogens (tertiary/aromatic N) is 3. The Morgan fingerprint density at radius 2 is 1.78 bits per heavy atom. The van der Waals surface area contributed by atoms with Gasteiger partial charge in [-0.1, -0.05) is 48.5 Å². The van der Waals surface area contributed by atoms with Crippen LogP contribution in [0.4, 0.5) is 0 Å². The van der Waals surface area contributed by atoms with Gasteiger partial charge in [0.2, 0.25) is 5.91 Å². The van der Waals surface area contributed by atoms with Gasteiger partial charge in [0.25, 0.3) is 0 Å². The van der Waals surface area contributed by atoms with Gasteiger partial charge in [-0.25, -0.2) is 5.01 Å². The molecule has 6 rings (SSSR count). The number of piperidine rings is 1. The molecule has 1 fully saturated rings. The summed E-state index contributed by atoms with van der Waals surface area (Å²) in [5, 5.41) is 3.34. The summed E-state index contributed by atoms with van der Waals surface area (Å²) in [6.45, 7) is 2.83. The quantitative estimate of drug-likeness (QED) is 0.701. The summed E-state index contributed by atoms with van der Waals surface area (Å²) >= 11 is 0. The van der Waals surface area contributed by atoms with E-state index in [0.717, 1.165) is 32.4 Å². The number of fused-ring (bicyclic) bond motifs is 3. The molecule has 1 saturated heterocycles. The molecule has 0 radical (unpaired) electrons. The molecule has 1 amide bonds. The van der Waals surface area contributed by atoms with Crippen molar-refractivity contribution < 1.29 is 4.79 Å². The molecule has 0 bridgehead atoms. The second-order valence-corrected chi connectivity index (χ2v) is 8.05. The summed E-state index contributed by atoms with van der Waals surface area (Å²) in [5.74, 6) is 0.383. The van der Waals surface area contributed by atoms with E-state index < -0.39 is 0 Å². The molecule has 0 spiro atoms. The Hall–Kier alpha value is -2.59. The highest BCUT2D eigenvalue weighted by Crippen LogP contribution is 2.47. The van der Waals surface area contributed by atoms with Gasteiger partial charge < -0.3 is 0 Å². The van der Waals surface area contributed by atoms with Gasteiger partial charge in [-0.2, -0.15) is 0 Å². The standard InChI is InChI=1S/C23H23N3O/c27-23-19-10-6-13-24-14-12-18-17-9-4-5-11-20(17)26(22(18)21(19)24)25(23)15-16-7-2-1-3-8-16/h1-5,7-9,11,19,21H,6,10,12-15H2/t19-,21-/m0/s1. The topological polar surface area (TPSA) is 28.5 Å². The average molecular weight is 357 g/mol. The molecular formula is C23H23N3O. The van der Waals surface area contributed by atoms with Crippen molar-refractivity contribution >= 4 is 16.8 Å². The molecule has 1 aromatic heterocycles. The van der Waals surface area contributed by atoms with Crippen LogP contribution in [0, 0.1) is 5.92 Å². The Morgan fingerprint density at radius 3 is 2.67 bits per heavy atom.